The molecule has 0 aromatic carbocycles. The molecule has 0 N–H and O–H groups in total. The summed E-state index contributed by atoms with van der Waals surface area (Å²) in [6.07, 6.45) is 2.96. The van der Waals surface area contributed by atoms with Gasteiger partial charge in [-0.15, -0.1) is 11.3 Å². The molecule has 0 saturated heterocycles. The van der Waals surface area contributed by atoms with E-state index < -0.39 is 0 Å². The van der Waals surface area contributed by atoms with Crippen molar-refractivity contribution in [3.8, 4) is 0 Å². The van der Waals surface area contributed by atoms with Gasteiger partial charge in [0, 0.05) is 14.7 Å². The third kappa shape index (κ3) is 1.41. The fourth-order valence-corrected chi connectivity index (χ4v) is 3.52. The fraction of sp³-hybridized carbons (Fsp3) is 0.500. The van der Waals surface area contributed by atoms with Gasteiger partial charge in [-0.3, -0.25) is 4.79 Å². The Morgan fingerprint density at radius 1 is 1.64 bits per heavy atom. The molecular formula is C10H11BrO2S. The van der Waals surface area contributed by atoms with Gasteiger partial charge in [-0.2, -0.15) is 0 Å². The van der Waals surface area contributed by atoms with E-state index in [0.29, 0.717) is 0 Å². The minimum absolute atomic E-state index is 0.0851. The average molecular weight is 275 g/mol. The van der Waals surface area contributed by atoms with Gasteiger partial charge in [0.15, 0.2) is 0 Å². The van der Waals surface area contributed by atoms with Crippen LogP contribution in [0.2, 0.25) is 0 Å². The van der Waals surface area contributed by atoms with Crippen LogP contribution >= 0.6 is 27.3 Å². The second-order valence-electron chi connectivity index (χ2n) is 3.56. The Morgan fingerprint density at radius 2 is 2.36 bits per heavy atom. The number of rotatable bonds is 2. The molecule has 2 nitrogen and oxygen atoms in total. The highest BCUT2D eigenvalue weighted by molar-refractivity contribution is 9.10. The van der Waals surface area contributed by atoms with Crippen LogP contribution in [0.3, 0.4) is 0 Å². The molecule has 1 aliphatic carbocycles. The van der Waals surface area contributed by atoms with E-state index in [9.17, 15) is 4.79 Å². The number of hydrogen-bond donors (Lipinski definition) is 0. The normalized spacial score (nSPS) is 18.7. The number of halogens is 1. The molecular weight excluding hydrogens is 264 g/mol. The molecule has 1 aromatic heterocycles. The molecule has 14 heavy (non-hydrogen) atoms. The summed E-state index contributed by atoms with van der Waals surface area (Å²) in [4.78, 5) is 12.8. The number of ether oxygens (including phenoxy) is 1. The molecule has 0 atom stereocenters. The standard InChI is InChI=1S/C10H11BrO2S/c1-13-9(12)10(3-2-4-10)8-5-7(11)6-14-8/h5-6H,2-4H2,1H3. The zero-order valence-corrected chi connectivity index (χ0v) is 10.3. The van der Waals surface area contributed by atoms with E-state index in [-0.39, 0.29) is 11.4 Å². The Kier molecular flexibility index (Phi) is 2.66. The van der Waals surface area contributed by atoms with Crippen molar-refractivity contribution < 1.29 is 9.53 Å². The van der Waals surface area contributed by atoms with Gasteiger partial charge in [0.2, 0.25) is 0 Å². The lowest BCUT2D eigenvalue weighted by Crippen LogP contribution is -2.42. The van der Waals surface area contributed by atoms with Crippen LogP contribution in [-0.4, -0.2) is 13.1 Å². The minimum atomic E-state index is -0.328. The van der Waals surface area contributed by atoms with E-state index in [0.717, 1.165) is 28.6 Å². The van der Waals surface area contributed by atoms with Gasteiger partial charge < -0.3 is 4.74 Å². The summed E-state index contributed by atoms with van der Waals surface area (Å²) in [5.74, 6) is -0.0851. The van der Waals surface area contributed by atoms with Crippen molar-refractivity contribution in [1.82, 2.24) is 0 Å². The molecule has 0 aliphatic heterocycles. The molecule has 1 fully saturated rings. The van der Waals surface area contributed by atoms with E-state index in [2.05, 4.69) is 15.9 Å². The van der Waals surface area contributed by atoms with Crippen LogP contribution in [0.1, 0.15) is 24.1 Å². The number of thiophene rings is 1. The summed E-state index contributed by atoms with van der Waals surface area (Å²) in [5, 5.41) is 2.01. The zero-order valence-electron chi connectivity index (χ0n) is 7.88. The molecule has 1 saturated carbocycles. The topological polar surface area (TPSA) is 26.3 Å². The number of esters is 1. The number of carbonyl (C=O) groups is 1. The van der Waals surface area contributed by atoms with E-state index in [1.807, 2.05) is 11.4 Å². The summed E-state index contributed by atoms with van der Waals surface area (Å²) in [5.41, 5.74) is -0.328. The van der Waals surface area contributed by atoms with Crippen molar-refractivity contribution in [1.29, 1.82) is 0 Å². The highest BCUT2D eigenvalue weighted by Gasteiger charge is 2.47. The van der Waals surface area contributed by atoms with Crippen LogP contribution in [0.5, 0.6) is 0 Å². The van der Waals surface area contributed by atoms with E-state index in [1.54, 1.807) is 11.3 Å². The van der Waals surface area contributed by atoms with E-state index in [1.165, 1.54) is 7.11 Å². The Labute approximate surface area is 95.4 Å². The molecule has 0 bridgehead atoms. The van der Waals surface area contributed by atoms with Gasteiger partial charge in [-0.05, 0) is 34.8 Å². The quantitative estimate of drug-likeness (QED) is 0.775. The van der Waals surface area contributed by atoms with Crippen molar-refractivity contribution in [3.63, 3.8) is 0 Å². The number of methoxy groups -OCH3 is 1. The molecule has 4 heteroatoms. The van der Waals surface area contributed by atoms with E-state index >= 15 is 0 Å². The van der Waals surface area contributed by atoms with Crippen molar-refractivity contribution >= 4 is 33.2 Å². The Bertz CT molecular complexity index is 355. The summed E-state index contributed by atoms with van der Waals surface area (Å²) < 4.78 is 5.92. The highest BCUT2D eigenvalue weighted by Crippen LogP contribution is 2.47. The lowest BCUT2D eigenvalue weighted by atomic mass is 9.68. The van der Waals surface area contributed by atoms with Gasteiger partial charge in [0.1, 0.15) is 5.41 Å². The van der Waals surface area contributed by atoms with Crippen LogP contribution in [0.15, 0.2) is 15.9 Å². The third-order valence-corrected chi connectivity index (χ3v) is 4.72. The van der Waals surface area contributed by atoms with Crippen molar-refractivity contribution in [2.45, 2.75) is 24.7 Å². The maximum Gasteiger partial charge on any atom is 0.317 e. The number of hydrogen-bond acceptors (Lipinski definition) is 3. The maximum atomic E-state index is 11.7. The van der Waals surface area contributed by atoms with Gasteiger partial charge >= 0.3 is 5.97 Å². The predicted octanol–water partition coefficient (Wildman–Crippen LogP) is 3.11. The molecule has 1 aliphatic rings. The van der Waals surface area contributed by atoms with Crippen molar-refractivity contribution in [2.75, 3.05) is 7.11 Å². The summed E-state index contributed by atoms with van der Waals surface area (Å²) >= 11 is 5.04. The predicted molar refractivity (Wildman–Crippen MR) is 59.6 cm³/mol. The van der Waals surface area contributed by atoms with Gasteiger partial charge in [0.25, 0.3) is 0 Å². The third-order valence-electron chi connectivity index (χ3n) is 2.82. The van der Waals surface area contributed by atoms with Gasteiger partial charge in [-0.25, -0.2) is 0 Å². The minimum Gasteiger partial charge on any atom is -0.468 e. The molecule has 0 amide bonds. The van der Waals surface area contributed by atoms with Crippen molar-refractivity contribution in [3.05, 3.63) is 20.8 Å². The first-order chi connectivity index (χ1) is 6.69. The van der Waals surface area contributed by atoms with Gasteiger partial charge in [0.05, 0.1) is 7.11 Å². The highest BCUT2D eigenvalue weighted by atomic mass is 79.9. The second-order valence-corrected chi connectivity index (χ2v) is 5.38. The average Bonchev–Trinajstić information content (AvgIpc) is 2.50. The Balaban J connectivity index is 2.33. The monoisotopic (exact) mass is 274 g/mol. The SMILES string of the molecule is COC(=O)C1(c2cc(Br)cs2)CCC1. The fourth-order valence-electron chi connectivity index (χ4n) is 1.84. The molecule has 0 radical (unpaired) electrons. The first-order valence-electron chi connectivity index (χ1n) is 4.52. The zero-order chi connectivity index (χ0) is 10.2. The van der Waals surface area contributed by atoms with Crippen molar-refractivity contribution in [2.24, 2.45) is 0 Å². The Morgan fingerprint density at radius 3 is 2.71 bits per heavy atom. The number of carbonyl (C=O) groups excluding carboxylic acids is 1. The molecule has 0 spiro atoms. The largest absolute Gasteiger partial charge is 0.468 e. The molecule has 1 aromatic rings. The van der Waals surface area contributed by atoms with Crippen LogP contribution < -0.4 is 0 Å². The van der Waals surface area contributed by atoms with Crippen LogP contribution in [0.25, 0.3) is 0 Å². The first-order valence-corrected chi connectivity index (χ1v) is 6.19. The molecule has 0 unspecified atom stereocenters. The smallest absolute Gasteiger partial charge is 0.317 e. The van der Waals surface area contributed by atoms with Crippen LogP contribution in [0.4, 0.5) is 0 Å². The van der Waals surface area contributed by atoms with Crippen LogP contribution in [-0.2, 0) is 14.9 Å². The lowest BCUT2D eigenvalue weighted by molar-refractivity contribution is -0.151. The molecule has 2 rings (SSSR count). The Hall–Kier alpha value is -0.350. The summed E-state index contributed by atoms with van der Waals surface area (Å²) in [7, 11) is 1.46. The second kappa shape index (κ2) is 3.66. The molecule has 1 heterocycles. The lowest BCUT2D eigenvalue weighted by Gasteiger charge is -2.37. The maximum absolute atomic E-state index is 11.7. The molecule has 76 valence electrons. The summed E-state index contributed by atoms with van der Waals surface area (Å²) in [6.45, 7) is 0. The van der Waals surface area contributed by atoms with Gasteiger partial charge in [-0.1, -0.05) is 6.42 Å². The summed E-state index contributed by atoms with van der Waals surface area (Å²) in [6, 6.07) is 2.03. The first kappa shape index (κ1) is 10.2. The van der Waals surface area contributed by atoms with Crippen LogP contribution in [0, 0.1) is 0 Å². The van der Waals surface area contributed by atoms with E-state index in [4.69, 9.17) is 4.74 Å².